The first-order chi connectivity index (χ1) is 9.29. The Morgan fingerprint density at radius 3 is 2.32 bits per heavy atom. The second-order valence-electron chi connectivity index (χ2n) is 5.20. The zero-order chi connectivity index (χ0) is 13.5. The topological polar surface area (TPSA) is 20.2 Å². The number of hydrogen-bond donors (Lipinski definition) is 1. The average Bonchev–Trinajstić information content (AvgIpc) is 2.46. The molecule has 0 bridgehead atoms. The van der Waals surface area contributed by atoms with Crippen LogP contribution < -0.4 is 0 Å². The van der Waals surface area contributed by atoms with E-state index in [1.807, 2.05) is 6.07 Å². The summed E-state index contributed by atoms with van der Waals surface area (Å²) in [6, 6.07) is 19.0. The van der Waals surface area contributed by atoms with Gasteiger partial charge in [-0.15, -0.1) is 0 Å². The molecule has 0 aliphatic rings. The molecule has 1 atom stereocenters. The van der Waals surface area contributed by atoms with Gasteiger partial charge in [0.15, 0.2) is 0 Å². The fourth-order valence-corrected chi connectivity index (χ4v) is 2.42. The molecule has 0 saturated carbocycles. The Morgan fingerprint density at radius 2 is 1.63 bits per heavy atom. The van der Waals surface area contributed by atoms with E-state index in [9.17, 15) is 5.11 Å². The van der Waals surface area contributed by atoms with Gasteiger partial charge in [0.25, 0.3) is 0 Å². The molecule has 1 N–H and O–H groups in total. The number of aryl methyl sites for hydroxylation is 2. The van der Waals surface area contributed by atoms with E-state index in [2.05, 4.69) is 55.5 Å². The van der Waals surface area contributed by atoms with Crippen LogP contribution in [0.4, 0.5) is 0 Å². The zero-order valence-electron chi connectivity index (χ0n) is 11.5. The van der Waals surface area contributed by atoms with Crippen molar-refractivity contribution in [1.82, 2.24) is 0 Å². The van der Waals surface area contributed by atoms with Crippen LogP contribution in [0, 0.1) is 12.8 Å². The van der Waals surface area contributed by atoms with Crippen molar-refractivity contribution >= 4 is 0 Å². The van der Waals surface area contributed by atoms with Crippen LogP contribution in [0.15, 0.2) is 54.6 Å². The van der Waals surface area contributed by atoms with Crippen molar-refractivity contribution in [2.75, 3.05) is 6.61 Å². The lowest BCUT2D eigenvalue weighted by Crippen LogP contribution is -2.11. The molecule has 1 unspecified atom stereocenters. The van der Waals surface area contributed by atoms with Crippen molar-refractivity contribution in [2.24, 2.45) is 5.92 Å². The molecule has 2 aromatic carbocycles. The van der Waals surface area contributed by atoms with E-state index >= 15 is 0 Å². The van der Waals surface area contributed by atoms with Crippen LogP contribution in [-0.2, 0) is 12.8 Å². The molecule has 19 heavy (non-hydrogen) atoms. The van der Waals surface area contributed by atoms with Crippen LogP contribution in [0.1, 0.15) is 23.1 Å². The molecular weight excluding hydrogens is 232 g/mol. The second kappa shape index (κ2) is 7.10. The minimum atomic E-state index is 0.265. The average molecular weight is 254 g/mol. The Morgan fingerprint density at radius 1 is 0.947 bits per heavy atom. The standard InChI is InChI=1S/C18H22O/c1-15-7-5-6-10-18(15)13-17(14-19)12-11-16-8-3-2-4-9-16/h2-10,17,19H,11-14H2,1H3. The molecule has 0 saturated heterocycles. The van der Waals surface area contributed by atoms with Gasteiger partial charge in [0, 0.05) is 6.61 Å². The molecule has 2 rings (SSSR count). The lowest BCUT2D eigenvalue weighted by atomic mass is 9.92. The van der Waals surface area contributed by atoms with E-state index in [0.717, 1.165) is 19.3 Å². The highest BCUT2D eigenvalue weighted by atomic mass is 16.3. The van der Waals surface area contributed by atoms with Crippen molar-refractivity contribution in [1.29, 1.82) is 0 Å². The highest BCUT2D eigenvalue weighted by molar-refractivity contribution is 5.26. The summed E-state index contributed by atoms with van der Waals surface area (Å²) in [5, 5.41) is 9.56. The fourth-order valence-electron chi connectivity index (χ4n) is 2.42. The lowest BCUT2D eigenvalue weighted by molar-refractivity contribution is 0.218. The van der Waals surface area contributed by atoms with Crippen LogP contribution in [0.2, 0.25) is 0 Å². The third-order valence-corrected chi connectivity index (χ3v) is 3.71. The third-order valence-electron chi connectivity index (χ3n) is 3.71. The summed E-state index contributed by atoms with van der Waals surface area (Å²) in [4.78, 5) is 0. The largest absolute Gasteiger partial charge is 0.396 e. The molecule has 0 aliphatic heterocycles. The van der Waals surface area contributed by atoms with Gasteiger partial charge in [0.2, 0.25) is 0 Å². The number of aliphatic hydroxyl groups excluding tert-OH is 1. The maximum absolute atomic E-state index is 9.56. The Hall–Kier alpha value is -1.60. The van der Waals surface area contributed by atoms with E-state index in [1.165, 1.54) is 16.7 Å². The molecule has 0 aliphatic carbocycles. The molecule has 0 amide bonds. The van der Waals surface area contributed by atoms with E-state index in [0.29, 0.717) is 5.92 Å². The highest BCUT2D eigenvalue weighted by Crippen LogP contribution is 2.17. The van der Waals surface area contributed by atoms with E-state index in [4.69, 9.17) is 0 Å². The summed E-state index contributed by atoms with van der Waals surface area (Å²) in [5.74, 6) is 0.348. The molecule has 1 heteroatoms. The van der Waals surface area contributed by atoms with Gasteiger partial charge in [0.05, 0.1) is 0 Å². The maximum atomic E-state index is 9.56. The van der Waals surface area contributed by atoms with Gasteiger partial charge < -0.3 is 5.11 Å². The number of rotatable bonds is 6. The van der Waals surface area contributed by atoms with Crippen molar-refractivity contribution in [3.8, 4) is 0 Å². The number of hydrogen-bond acceptors (Lipinski definition) is 1. The summed E-state index contributed by atoms with van der Waals surface area (Å²) in [6.45, 7) is 2.40. The summed E-state index contributed by atoms with van der Waals surface area (Å²) in [7, 11) is 0. The molecule has 0 heterocycles. The molecule has 0 spiro atoms. The Balaban J connectivity index is 1.92. The van der Waals surface area contributed by atoms with Gasteiger partial charge in [-0.3, -0.25) is 0 Å². The number of aliphatic hydroxyl groups is 1. The van der Waals surface area contributed by atoms with Crippen LogP contribution >= 0.6 is 0 Å². The summed E-state index contributed by atoms with van der Waals surface area (Å²) in [5.41, 5.74) is 4.03. The van der Waals surface area contributed by atoms with Crippen LogP contribution in [0.25, 0.3) is 0 Å². The molecule has 0 radical (unpaired) electrons. The monoisotopic (exact) mass is 254 g/mol. The van der Waals surface area contributed by atoms with E-state index in [-0.39, 0.29) is 6.61 Å². The molecule has 100 valence electrons. The van der Waals surface area contributed by atoms with Crippen LogP contribution in [-0.4, -0.2) is 11.7 Å². The molecular formula is C18H22O. The SMILES string of the molecule is Cc1ccccc1CC(CO)CCc1ccccc1. The molecule has 0 aromatic heterocycles. The number of benzene rings is 2. The fraction of sp³-hybridized carbons (Fsp3) is 0.333. The summed E-state index contributed by atoms with van der Waals surface area (Å²) in [6.07, 6.45) is 3.04. The van der Waals surface area contributed by atoms with Crippen molar-refractivity contribution in [2.45, 2.75) is 26.2 Å². The predicted molar refractivity (Wildman–Crippen MR) is 80.2 cm³/mol. The summed E-state index contributed by atoms with van der Waals surface area (Å²) < 4.78 is 0. The maximum Gasteiger partial charge on any atom is 0.0462 e. The third kappa shape index (κ3) is 4.22. The van der Waals surface area contributed by atoms with Gasteiger partial charge in [-0.2, -0.15) is 0 Å². The van der Waals surface area contributed by atoms with Gasteiger partial charge in [-0.25, -0.2) is 0 Å². The van der Waals surface area contributed by atoms with E-state index < -0.39 is 0 Å². The first-order valence-corrected chi connectivity index (χ1v) is 6.99. The van der Waals surface area contributed by atoms with Crippen LogP contribution in [0.3, 0.4) is 0 Å². The van der Waals surface area contributed by atoms with Crippen molar-refractivity contribution in [3.05, 3.63) is 71.3 Å². The lowest BCUT2D eigenvalue weighted by Gasteiger charge is -2.15. The Labute approximate surface area is 115 Å². The van der Waals surface area contributed by atoms with Crippen molar-refractivity contribution < 1.29 is 5.11 Å². The van der Waals surface area contributed by atoms with Crippen molar-refractivity contribution in [3.63, 3.8) is 0 Å². The molecule has 0 fully saturated rings. The van der Waals surface area contributed by atoms with E-state index in [1.54, 1.807) is 0 Å². The molecule has 2 aromatic rings. The minimum Gasteiger partial charge on any atom is -0.396 e. The van der Waals surface area contributed by atoms with Gasteiger partial charge in [-0.1, -0.05) is 54.6 Å². The zero-order valence-corrected chi connectivity index (χ0v) is 11.5. The van der Waals surface area contributed by atoms with Gasteiger partial charge in [0.1, 0.15) is 0 Å². The van der Waals surface area contributed by atoms with Gasteiger partial charge in [-0.05, 0) is 48.8 Å². The van der Waals surface area contributed by atoms with Gasteiger partial charge >= 0.3 is 0 Å². The quantitative estimate of drug-likeness (QED) is 0.831. The predicted octanol–water partition coefficient (Wildman–Crippen LogP) is 3.78. The first-order valence-electron chi connectivity index (χ1n) is 6.99. The normalized spacial score (nSPS) is 12.3. The Kier molecular flexibility index (Phi) is 5.17. The summed E-state index contributed by atoms with van der Waals surface area (Å²) >= 11 is 0. The second-order valence-corrected chi connectivity index (χ2v) is 5.20. The van der Waals surface area contributed by atoms with Crippen LogP contribution in [0.5, 0.6) is 0 Å². The first kappa shape index (κ1) is 13.8. The highest BCUT2D eigenvalue weighted by Gasteiger charge is 2.10. The molecule has 1 nitrogen and oxygen atoms in total. The smallest absolute Gasteiger partial charge is 0.0462 e. The minimum absolute atomic E-state index is 0.265. The Bertz CT molecular complexity index is 490.